The molecule has 0 bridgehead atoms. The van der Waals surface area contributed by atoms with Gasteiger partial charge in [-0.3, -0.25) is 4.79 Å². The number of nitrogens with zero attached hydrogens (tertiary/aromatic N) is 4. The van der Waals surface area contributed by atoms with Gasteiger partial charge in [0.05, 0.1) is 17.4 Å². The average molecular weight is 492 g/mol. The summed E-state index contributed by atoms with van der Waals surface area (Å²) >= 11 is 0. The Morgan fingerprint density at radius 2 is 1.86 bits per heavy atom. The van der Waals surface area contributed by atoms with Crippen LogP contribution in [0.2, 0.25) is 0 Å². The molecule has 0 aliphatic carbocycles. The number of halogens is 3. The maximum atomic E-state index is 13.4. The summed E-state index contributed by atoms with van der Waals surface area (Å²) in [7, 11) is 0. The van der Waals surface area contributed by atoms with Crippen molar-refractivity contribution in [3.63, 3.8) is 0 Å². The van der Waals surface area contributed by atoms with E-state index in [-0.39, 0.29) is 48.0 Å². The summed E-state index contributed by atoms with van der Waals surface area (Å²) in [6.45, 7) is 2.16. The fourth-order valence-electron chi connectivity index (χ4n) is 5.08. The Morgan fingerprint density at radius 1 is 1.09 bits per heavy atom. The lowest BCUT2D eigenvalue weighted by Gasteiger charge is -2.43. The van der Waals surface area contributed by atoms with Crippen LogP contribution in [-0.4, -0.2) is 76.4 Å². The number of piperidine rings is 2. The highest BCUT2D eigenvalue weighted by atomic mass is 19.4. The molecule has 1 aromatic heterocycles. The van der Waals surface area contributed by atoms with E-state index >= 15 is 0 Å². The summed E-state index contributed by atoms with van der Waals surface area (Å²) in [5, 5.41) is 4.02. The molecule has 11 heteroatoms. The number of ketones is 1. The van der Waals surface area contributed by atoms with Crippen molar-refractivity contribution in [2.24, 2.45) is 5.92 Å². The maximum absolute atomic E-state index is 13.4. The van der Waals surface area contributed by atoms with Gasteiger partial charge in [-0.1, -0.05) is 0 Å². The molecule has 4 heterocycles. The summed E-state index contributed by atoms with van der Waals surface area (Å²) in [6, 6.07) is 5.14. The number of hydrogen-bond acceptors (Lipinski definition) is 5. The first-order valence-corrected chi connectivity index (χ1v) is 11.8. The fourth-order valence-corrected chi connectivity index (χ4v) is 5.08. The number of aromatic nitrogens is 2. The number of ether oxygens (including phenoxy) is 2. The van der Waals surface area contributed by atoms with Crippen molar-refractivity contribution >= 4 is 11.8 Å². The van der Waals surface area contributed by atoms with Crippen LogP contribution < -0.4 is 4.74 Å². The third kappa shape index (κ3) is 5.29. The molecule has 2 amide bonds. The number of carbonyl (C=O) groups is 2. The van der Waals surface area contributed by atoms with Gasteiger partial charge < -0.3 is 19.3 Å². The van der Waals surface area contributed by atoms with Crippen LogP contribution >= 0.6 is 0 Å². The predicted octanol–water partition coefficient (Wildman–Crippen LogP) is 3.53. The SMILES string of the molecule is O=C1CO[C@H]2CCN(C(=O)N3CCC(Oc4cc(-n5cccn5)cc(C(F)(F)F)c4)CC3)C[C@H]2C1. The summed E-state index contributed by atoms with van der Waals surface area (Å²) in [5.74, 6) is 0.239. The highest BCUT2D eigenvalue weighted by Crippen LogP contribution is 2.34. The van der Waals surface area contributed by atoms with Crippen LogP contribution in [0.4, 0.5) is 18.0 Å². The Morgan fingerprint density at radius 3 is 2.57 bits per heavy atom. The molecule has 35 heavy (non-hydrogen) atoms. The van der Waals surface area contributed by atoms with Gasteiger partial charge in [-0.05, 0) is 24.6 Å². The van der Waals surface area contributed by atoms with E-state index in [9.17, 15) is 22.8 Å². The molecule has 8 nitrogen and oxygen atoms in total. The molecule has 0 radical (unpaired) electrons. The van der Waals surface area contributed by atoms with Crippen LogP contribution in [0.5, 0.6) is 5.75 Å². The van der Waals surface area contributed by atoms with Gasteiger partial charge in [0.25, 0.3) is 0 Å². The first-order chi connectivity index (χ1) is 16.8. The van der Waals surface area contributed by atoms with Gasteiger partial charge in [0.2, 0.25) is 0 Å². The molecule has 3 saturated heterocycles. The Labute approximate surface area is 200 Å². The highest BCUT2D eigenvalue weighted by molar-refractivity contribution is 5.81. The number of likely N-dealkylation sites (tertiary alicyclic amines) is 2. The van der Waals surface area contributed by atoms with Crippen LogP contribution in [0.25, 0.3) is 5.69 Å². The number of alkyl halides is 3. The second-order valence-corrected chi connectivity index (χ2v) is 9.34. The topological polar surface area (TPSA) is 76.9 Å². The largest absolute Gasteiger partial charge is 0.490 e. The second-order valence-electron chi connectivity index (χ2n) is 9.34. The number of Topliss-reactive ketones (excluding diaryl/α,β-unsaturated/α-hetero) is 1. The number of fused-ring (bicyclic) bond motifs is 1. The zero-order valence-electron chi connectivity index (χ0n) is 19.1. The van der Waals surface area contributed by atoms with E-state index in [1.807, 2.05) is 0 Å². The quantitative estimate of drug-likeness (QED) is 0.655. The normalized spacial score (nSPS) is 23.8. The van der Waals surface area contributed by atoms with Crippen LogP contribution in [0.3, 0.4) is 0 Å². The van der Waals surface area contributed by atoms with Gasteiger partial charge in [0, 0.05) is 69.8 Å². The van der Waals surface area contributed by atoms with E-state index < -0.39 is 11.7 Å². The zero-order chi connectivity index (χ0) is 24.6. The number of amides is 2. The summed E-state index contributed by atoms with van der Waals surface area (Å²) in [5.41, 5.74) is -0.539. The predicted molar refractivity (Wildman–Crippen MR) is 118 cm³/mol. The Balaban J connectivity index is 1.20. The van der Waals surface area contributed by atoms with E-state index in [0.717, 1.165) is 18.6 Å². The van der Waals surface area contributed by atoms with Crippen LogP contribution in [0.15, 0.2) is 36.7 Å². The molecule has 3 fully saturated rings. The van der Waals surface area contributed by atoms with Gasteiger partial charge in [-0.25, -0.2) is 9.48 Å². The van der Waals surface area contributed by atoms with Crippen molar-refractivity contribution in [3.05, 3.63) is 42.2 Å². The monoisotopic (exact) mass is 492 g/mol. The Kier molecular flexibility index (Phi) is 6.43. The Hall–Kier alpha value is -3.08. The number of rotatable bonds is 3. The Bertz CT molecular complexity index is 1070. The molecule has 0 unspecified atom stereocenters. The molecule has 3 aliphatic heterocycles. The molecule has 2 aromatic rings. The minimum absolute atomic E-state index is 0.0370. The first kappa shape index (κ1) is 23.7. The van der Waals surface area contributed by atoms with Gasteiger partial charge in [-0.15, -0.1) is 0 Å². The molecular weight excluding hydrogens is 465 g/mol. The average Bonchev–Trinajstić information content (AvgIpc) is 3.38. The van der Waals surface area contributed by atoms with E-state index in [0.29, 0.717) is 45.4 Å². The molecular formula is C24H27F3N4O4. The molecule has 0 saturated carbocycles. The van der Waals surface area contributed by atoms with Gasteiger partial charge >= 0.3 is 12.2 Å². The number of urea groups is 1. The summed E-state index contributed by atoms with van der Waals surface area (Å²) in [6.07, 6.45) is 0.480. The highest BCUT2D eigenvalue weighted by Gasteiger charge is 2.38. The van der Waals surface area contributed by atoms with Crippen molar-refractivity contribution < 1.29 is 32.2 Å². The molecule has 0 N–H and O–H groups in total. The lowest BCUT2D eigenvalue weighted by atomic mass is 9.88. The first-order valence-electron chi connectivity index (χ1n) is 11.8. The van der Waals surface area contributed by atoms with Crippen LogP contribution in [0, 0.1) is 5.92 Å². The smallest absolute Gasteiger partial charge is 0.416 e. The fraction of sp³-hybridized carbons (Fsp3) is 0.542. The maximum Gasteiger partial charge on any atom is 0.416 e. The number of benzene rings is 1. The minimum atomic E-state index is -4.52. The summed E-state index contributed by atoms with van der Waals surface area (Å²) in [4.78, 5) is 28.3. The van der Waals surface area contributed by atoms with Gasteiger partial charge in [0.15, 0.2) is 5.78 Å². The van der Waals surface area contributed by atoms with Crippen LogP contribution in [-0.2, 0) is 15.7 Å². The van der Waals surface area contributed by atoms with E-state index in [1.165, 1.54) is 16.9 Å². The minimum Gasteiger partial charge on any atom is -0.490 e. The second kappa shape index (κ2) is 9.52. The zero-order valence-corrected chi connectivity index (χ0v) is 19.1. The summed E-state index contributed by atoms with van der Waals surface area (Å²) < 4.78 is 53.3. The lowest BCUT2D eigenvalue weighted by molar-refractivity contribution is -0.140. The lowest BCUT2D eigenvalue weighted by Crippen LogP contribution is -2.55. The molecule has 0 spiro atoms. The van der Waals surface area contributed by atoms with Crippen molar-refractivity contribution in [2.45, 2.75) is 44.1 Å². The van der Waals surface area contributed by atoms with E-state index in [2.05, 4.69) is 5.10 Å². The van der Waals surface area contributed by atoms with E-state index in [1.54, 1.807) is 22.1 Å². The third-order valence-electron chi connectivity index (χ3n) is 6.89. The molecule has 5 rings (SSSR count). The molecule has 188 valence electrons. The van der Waals surface area contributed by atoms with Crippen molar-refractivity contribution in [2.75, 3.05) is 32.8 Å². The van der Waals surface area contributed by atoms with Gasteiger partial charge in [0.1, 0.15) is 18.5 Å². The number of carbonyl (C=O) groups excluding carboxylic acids is 2. The van der Waals surface area contributed by atoms with Crippen molar-refractivity contribution in [1.82, 2.24) is 19.6 Å². The van der Waals surface area contributed by atoms with E-state index in [4.69, 9.17) is 9.47 Å². The standard InChI is InChI=1S/C24H27F3N4O4/c25-24(26,27)17-11-18(31-6-1-5-28-31)13-21(12-17)35-20-2-7-29(8-3-20)23(33)30-9-4-22-16(14-30)10-19(32)15-34-22/h1,5-6,11-13,16,20,22H,2-4,7-10,14-15H2/t16-,22+/m1/s1. The molecule has 2 atom stereocenters. The molecule has 3 aliphatic rings. The third-order valence-corrected chi connectivity index (χ3v) is 6.89. The molecule has 1 aromatic carbocycles. The van der Waals surface area contributed by atoms with Gasteiger partial charge in [-0.2, -0.15) is 18.3 Å². The van der Waals surface area contributed by atoms with Crippen molar-refractivity contribution in [1.29, 1.82) is 0 Å². The van der Waals surface area contributed by atoms with Crippen molar-refractivity contribution in [3.8, 4) is 11.4 Å². The van der Waals surface area contributed by atoms with Crippen LogP contribution in [0.1, 0.15) is 31.2 Å². The number of hydrogen-bond donors (Lipinski definition) is 0.